The van der Waals surface area contributed by atoms with E-state index in [2.05, 4.69) is 15.6 Å². The predicted octanol–water partition coefficient (Wildman–Crippen LogP) is 2.60. The third-order valence-corrected chi connectivity index (χ3v) is 3.83. The molecule has 2 heterocycles. The van der Waals surface area contributed by atoms with Crippen molar-refractivity contribution in [3.8, 4) is 0 Å². The molecule has 2 aromatic rings. The van der Waals surface area contributed by atoms with Gasteiger partial charge in [-0.15, -0.1) is 11.3 Å². The van der Waals surface area contributed by atoms with Crippen LogP contribution in [0.4, 0.5) is 10.8 Å². The van der Waals surface area contributed by atoms with Gasteiger partial charge in [0.2, 0.25) is 5.91 Å². The average Bonchev–Trinajstić information content (AvgIpc) is 2.95. The Labute approximate surface area is 109 Å². The topological polar surface area (TPSA) is 54.0 Å². The number of benzene rings is 1. The fourth-order valence-electron chi connectivity index (χ4n) is 2.12. The molecular formula is C13H13N3OS. The molecule has 3 rings (SSSR count). The zero-order valence-corrected chi connectivity index (χ0v) is 10.8. The van der Waals surface area contributed by atoms with Gasteiger partial charge in [0.15, 0.2) is 5.13 Å². The van der Waals surface area contributed by atoms with Crippen LogP contribution in [-0.4, -0.2) is 17.4 Å². The molecule has 1 aliphatic heterocycles. The molecule has 1 aromatic carbocycles. The normalized spacial score (nSPS) is 17.1. The van der Waals surface area contributed by atoms with Crippen molar-refractivity contribution >= 4 is 28.1 Å². The summed E-state index contributed by atoms with van der Waals surface area (Å²) in [4.78, 5) is 17.4. The number of carbonyl (C=O) groups is 1. The number of carbonyl (C=O) groups excluding carboxylic acids is 1. The Kier molecular flexibility index (Phi) is 2.76. The van der Waals surface area contributed by atoms with Crippen molar-refractivity contribution in [3.05, 3.63) is 40.9 Å². The van der Waals surface area contributed by atoms with Gasteiger partial charge in [-0.05, 0) is 18.6 Å². The Bertz CT molecular complexity index is 593. The second kappa shape index (κ2) is 4.42. The number of hydrogen-bond acceptors (Lipinski definition) is 4. The molecule has 0 spiro atoms. The maximum absolute atomic E-state index is 12.2. The fourth-order valence-corrected chi connectivity index (χ4v) is 2.79. The van der Waals surface area contributed by atoms with Gasteiger partial charge in [0.05, 0.1) is 5.92 Å². The largest absolute Gasteiger partial charge is 0.384 e. The Hall–Kier alpha value is -1.88. The molecule has 0 saturated carbocycles. The Morgan fingerprint density at radius 3 is 3.11 bits per heavy atom. The number of aryl methyl sites for hydroxylation is 1. The third kappa shape index (κ3) is 1.97. The lowest BCUT2D eigenvalue weighted by Crippen LogP contribution is -2.22. The summed E-state index contributed by atoms with van der Waals surface area (Å²) < 4.78 is 0. The molecule has 1 unspecified atom stereocenters. The number of aromatic nitrogens is 1. The van der Waals surface area contributed by atoms with Crippen LogP contribution in [0.1, 0.15) is 16.4 Å². The van der Waals surface area contributed by atoms with Crippen LogP contribution in [0.5, 0.6) is 0 Å². The summed E-state index contributed by atoms with van der Waals surface area (Å²) in [5.41, 5.74) is 2.11. The van der Waals surface area contributed by atoms with Crippen LogP contribution in [0.3, 0.4) is 0 Å². The number of anilines is 2. The second-order valence-electron chi connectivity index (χ2n) is 4.29. The lowest BCUT2D eigenvalue weighted by Gasteiger charge is -2.08. The molecule has 0 aliphatic carbocycles. The molecule has 2 N–H and O–H groups in total. The summed E-state index contributed by atoms with van der Waals surface area (Å²) in [6.45, 7) is 2.62. The van der Waals surface area contributed by atoms with E-state index >= 15 is 0 Å². The molecule has 4 nitrogen and oxygen atoms in total. The number of amides is 1. The zero-order valence-electron chi connectivity index (χ0n) is 9.93. The first-order valence-electron chi connectivity index (χ1n) is 5.80. The van der Waals surface area contributed by atoms with E-state index in [0.29, 0.717) is 11.7 Å². The number of thiazole rings is 1. The number of hydrogen-bond donors (Lipinski definition) is 2. The fraction of sp³-hybridized carbons (Fsp3) is 0.231. The molecule has 0 radical (unpaired) electrons. The molecule has 1 aromatic heterocycles. The minimum Gasteiger partial charge on any atom is -0.384 e. The van der Waals surface area contributed by atoms with Crippen molar-refractivity contribution in [2.24, 2.45) is 0 Å². The Balaban J connectivity index is 1.78. The number of para-hydroxylation sites is 1. The SMILES string of the molecule is Cc1cnc(NC(=O)C2CNc3ccccc32)s1. The van der Waals surface area contributed by atoms with Crippen molar-refractivity contribution in [2.45, 2.75) is 12.8 Å². The Morgan fingerprint density at radius 2 is 2.33 bits per heavy atom. The van der Waals surface area contributed by atoms with E-state index in [0.717, 1.165) is 16.1 Å². The summed E-state index contributed by atoms with van der Waals surface area (Å²) in [7, 11) is 0. The minimum absolute atomic E-state index is 0.00167. The number of rotatable bonds is 2. The van der Waals surface area contributed by atoms with Gasteiger partial charge in [0, 0.05) is 23.3 Å². The van der Waals surface area contributed by atoms with Gasteiger partial charge >= 0.3 is 0 Å². The summed E-state index contributed by atoms with van der Waals surface area (Å²) in [5, 5.41) is 6.79. The van der Waals surface area contributed by atoms with E-state index in [1.165, 1.54) is 11.3 Å². The van der Waals surface area contributed by atoms with Crippen molar-refractivity contribution in [2.75, 3.05) is 17.2 Å². The quantitative estimate of drug-likeness (QED) is 0.871. The van der Waals surface area contributed by atoms with Gasteiger partial charge in [0.25, 0.3) is 0 Å². The highest BCUT2D eigenvalue weighted by Gasteiger charge is 2.28. The van der Waals surface area contributed by atoms with E-state index in [1.807, 2.05) is 31.2 Å². The zero-order chi connectivity index (χ0) is 12.5. The molecule has 18 heavy (non-hydrogen) atoms. The van der Waals surface area contributed by atoms with Crippen molar-refractivity contribution in [1.29, 1.82) is 0 Å². The minimum atomic E-state index is -0.134. The molecular weight excluding hydrogens is 246 g/mol. The summed E-state index contributed by atoms with van der Waals surface area (Å²) in [5.74, 6) is -0.132. The van der Waals surface area contributed by atoms with E-state index in [4.69, 9.17) is 0 Å². The summed E-state index contributed by atoms with van der Waals surface area (Å²) in [6, 6.07) is 7.92. The second-order valence-corrected chi connectivity index (χ2v) is 5.52. The highest BCUT2D eigenvalue weighted by Crippen LogP contribution is 2.32. The van der Waals surface area contributed by atoms with Gasteiger partial charge in [-0.1, -0.05) is 18.2 Å². The van der Waals surface area contributed by atoms with Gasteiger partial charge in [0.1, 0.15) is 0 Å². The molecule has 1 amide bonds. The molecule has 1 atom stereocenters. The molecule has 92 valence electrons. The highest BCUT2D eigenvalue weighted by molar-refractivity contribution is 7.15. The number of nitrogens with zero attached hydrogens (tertiary/aromatic N) is 1. The first kappa shape index (κ1) is 11.2. The van der Waals surface area contributed by atoms with Gasteiger partial charge in [-0.3, -0.25) is 4.79 Å². The highest BCUT2D eigenvalue weighted by atomic mass is 32.1. The van der Waals surface area contributed by atoms with Crippen molar-refractivity contribution in [3.63, 3.8) is 0 Å². The summed E-state index contributed by atoms with van der Waals surface area (Å²) >= 11 is 1.49. The third-order valence-electron chi connectivity index (χ3n) is 3.00. The van der Waals surface area contributed by atoms with Crippen molar-refractivity contribution in [1.82, 2.24) is 4.98 Å². The van der Waals surface area contributed by atoms with E-state index in [1.54, 1.807) is 6.20 Å². The lowest BCUT2D eigenvalue weighted by atomic mass is 10.0. The number of fused-ring (bicyclic) bond motifs is 1. The van der Waals surface area contributed by atoms with Crippen LogP contribution >= 0.6 is 11.3 Å². The van der Waals surface area contributed by atoms with Crippen LogP contribution in [0.25, 0.3) is 0 Å². The van der Waals surface area contributed by atoms with E-state index in [-0.39, 0.29) is 11.8 Å². The van der Waals surface area contributed by atoms with Gasteiger partial charge < -0.3 is 10.6 Å². The van der Waals surface area contributed by atoms with Crippen LogP contribution in [0.15, 0.2) is 30.5 Å². The molecule has 1 aliphatic rings. The van der Waals surface area contributed by atoms with Gasteiger partial charge in [-0.2, -0.15) is 0 Å². The lowest BCUT2D eigenvalue weighted by molar-refractivity contribution is -0.117. The molecule has 0 fully saturated rings. The van der Waals surface area contributed by atoms with Crippen LogP contribution in [-0.2, 0) is 4.79 Å². The first-order valence-corrected chi connectivity index (χ1v) is 6.62. The Morgan fingerprint density at radius 1 is 1.50 bits per heavy atom. The molecule has 0 bridgehead atoms. The van der Waals surface area contributed by atoms with Crippen LogP contribution in [0, 0.1) is 6.92 Å². The summed E-state index contributed by atoms with van der Waals surface area (Å²) in [6.07, 6.45) is 1.77. The maximum Gasteiger partial charge on any atom is 0.235 e. The van der Waals surface area contributed by atoms with Crippen molar-refractivity contribution < 1.29 is 4.79 Å². The first-order chi connectivity index (χ1) is 8.74. The monoisotopic (exact) mass is 259 g/mol. The average molecular weight is 259 g/mol. The number of nitrogens with one attached hydrogen (secondary N) is 2. The van der Waals surface area contributed by atoms with E-state index in [9.17, 15) is 4.79 Å². The molecule has 0 saturated heterocycles. The van der Waals surface area contributed by atoms with Crippen LogP contribution < -0.4 is 10.6 Å². The van der Waals surface area contributed by atoms with Crippen LogP contribution in [0.2, 0.25) is 0 Å². The van der Waals surface area contributed by atoms with E-state index < -0.39 is 0 Å². The van der Waals surface area contributed by atoms with Gasteiger partial charge in [-0.25, -0.2) is 4.98 Å². The maximum atomic E-state index is 12.2. The molecule has 5 heteroatoms. The predicted molar refractivity (Wildman–Crippen MR) is 73.2 cm³/mol. The standard InChI is InChI=1S/C13H13N3OS/c1-8-6-15-13(18-8)16-12(17)10-7-14-11-5-3-2-4-9(10)11/h2-6,10,14H,7H2,1H3,(H,15,16,17). The smallest absolute Gasteiger partial charge is 0.235 e.